The molecule has 8 heteroatoms. The standard InChI is InChI=1S/C12H17N3O3S2/c1-8-7-10(3-4-11(8)12(13)19)20(17,18)15-6-5-14-9(2)16/h3-4,7,15H,5-6H2,1-2H3,(H2,13,19)(H,14,16). The Morgan fingerprint density at radius 1 is 1.35 bits per heavy atom. The van der Waals surface area contributed by atoms with Gasteiger partial charge in [-0.3, -0.25) is 4.79 Å². The van der Waals surface area contributed by atoms with E-state index in [1.807, 2.05) is 0 Å². The molecule has 0 aliphatic carbocycles. The summed E-state index contributed by atoms with van der Waals surface area (Å²) in [6, 6.07) is 4.54. The van der Waals surface area contributed by atoms with Crippen LogP contribution in [0.25, 0.3) is 0 Å². The van der Waals surface area contributed by atoms with E-state index in [2.05, 4.69) is 10.0 Å². The van der Waals surface area contributed by atoms with Crippen LogP contribution in [0, 0.1) is 6.92 Å². The summed E-state index contributed by atoms with van der Waals surface area (Å²) in [5, 5.41) is 2.51. The van der Waals surface area contributed by atoms with Crippen LogP contribution >= 0.6 is 12.2 Å². The van der Waals surface area contributed by atoms with Gasteiger partial charge in [0.15, 0.2) is 0 Å². The first-order chi connectivity index (χ1) is 9.24. The molecule has 1 rings (SSSR count). The average Bonchev–Trinajstić information content (AvgIpc) is 2.34. The number of nitrogens with one attached hydrogen (secondary N) is 2. The van der Waals surface area contributed by atoms with Crippen molar-refractivity contribution >= 4 is 33.1 Å². The van der Waals surface area contributed by atoms with Gasteiger partial charge in [-0.05, 0) is 24.6 Å². The van der Waals surface area contributed by atoms with Crippen LogP contribution in [0.1, 0.15) is 18.1 Å². The number of nitrogens with two attached hydrogens (primary N) is 1. The van der Waals surface area contributed by atoms with E-state index in [1.54, 1.807) is 13.0 Å². The van der Waals surface area contributed by atoms with E-state index in [9.17, 15) is 13.2 Å². The zero-order valence-electron chi connectivity index (χ0n) is 11.3. The Labute approximate surface area is 123 Å². The summed E-state index contributed by atoms with van der Waals surface area (Å²) in [6.07, 6.45) is 0. The van der Waals surface area contributed by atoms with Crippen LogP contribution in [0.2, 0.25) is 0 Å². The van der Waals surface area contributed by atoms with Gasteiger partial charge in [-0.25, -0.2) is 13.1 Å². The number of thiocarbonyl (C=S) groups is 1. The first-order valence-corrected chi connectivity index (χ1v) is 7.78. The van der Waals surface area contributed by atoms with Crippen LogP contribution in [-0.2, 0) is 14.8 Å². The zero-order chi connectivity index (χ0) is 15.3. The third-order valence-corrected chi connectivity index (χ3v) is 4.24. The molecular weight excluding hydrogens is 298 g/mol. The summed E-state index contributed by atoms with van der Waals surface area (Å²) >= 11 is 4.87. The largest absolute Gasteiger partial charge is 0.389 e. The van der Waals surface area contributed by atoms with Crippen molar-refractivity contribution in [2.24, 2.45) is 5.73 Å². The van der Waals surface area contributed by atoms with Gasteiger partial charge < -0.3 is 11.1 Å². The summed E-state index contributed by atoms with van der Waals surface area (Å²) in [6.45, 7) is 3.47. The Bertz CT molecular complexity index is 627. The van der Waals surface area contributed by atoms with E-state index >= 15 is 0 Å². The topological polar surface area (TPSA) is 101 Å². The highest BCUT2D eigenvalue weighted by Gasteiger charge is 2.15. The molecule has 0 aromatic heterocycles. The van der Waals surface area contributed by atoms with Crippen molar-refractivity contribution < 1.29 is 13.2 Å². The fourth-order valence-electron chi connectivity index (χ4n) is 1.59. The molecule has 20 heavy (non-hydrogen) atoms. The fourth-order valence-corrected chi connectivity index (χ4v) is 2.93. The highest BCUT2D eigenvalue weighted by molar-refractivity contribution is 7.89. The molecule has 0 heterocycles. The van der Waals surface area contributed by atoms with E-state index in [-0.39, 0.29) is 28.9 Å². The van der Waals surface area contributed by atoms with Crippen molar-refractivity contribution in [1.82, 2.24) is 10.0 Å². The summed E-state index contributed by atoms with van der Waals surface area (Å²) in [5.74, 6) is -0.208. The predicted octanol–water partition coefficient (Wildman–Crippen LogP) is 0.0436. The third-order valence-electron chi connectivity index (χ3n) is 2.56. The molecule has 4 N–H and O–H groups in total. The van der Waals surface area contributed by atoms with Gasteiger partial charge in [-0.1, -0.05) is 18.3 Å². The number of amides is 1. The van der Waals surface area contributed by atoms with Crippen LogP contribution in [0.4, 0.5) is 0 Å². The van der Waals surface area contributed by atoms with Crippen molar-refractivity contribution in [3.8, 4) is 0 Å². The molecule has 1 aromatic carbocycles. The minimum atomic E-state index is -3.61. The lowest BCUT2D eigenvalue weighted by molar-refractivity contribution is -0.118. The molecule has 1 aromatic rings. The van der Waals surface area contributed by atoms with Gasteiger partial charge in [0.05, 0.1) is 4.90 Å². The molecule has 0 spiro atoms. The molecule has 0 bridgehead atoms. The monoisotopic (exact) mass is 315 g/mol. The van der Waals surface area contributed by atoms with Crippen LogP contribution in [-0.4, -0.2) is 32.4 Å². The van der Waals surface area contributed by atoms with Crippen LogP contribution in [0.5, 0.6) is 0 Å². The number of benzene rings is 1. The first kappa shape index (κ1) is 16.5. The molecule has 0 unspecified atom stereocenters. The van der Waals surface area contributed by atoms with Crippen LogP contribution in [0.3, 0.4) is 0 Å². The molecule has 0 saturated carbocycles. The van der Waals surface area contributed by atoms with E-state index < -0.39 is 10.0 Å². The molecule has 0 atom stereocenters. The highest BCUT2D eigenvalue weighted by atomic mass is 32.2. The van der Waals surface area contributed by atoms with Crippen molar-refractivity contribution in [1.29, 1.82) is 0 Å². The number of hydrogen-bond donors (Lipinski definition) is 3. The first-order valence-electron chi connectivity index (χ1n) is 5.88. The molecule has 0 fully saturated rings. The van der Waals surface area contributed by atoms with E-state index in [1.165, 1.54) is 19.1 Å². The second kappa shape index (κ2) is 6.78. The second-order valence-electron chi connectivity index (χ2n) is 4.22. The number of carbonyl (C=O) groups is 1. The van der Waals surface area contributed by atoms with E-state index in [4.69, 9.17) is 18.0 Å². The second-order valence-corrected chi connectivity index (χ2v) is 6.43. The summed E-state index contributed by atoms with van der Waals surface area (Å²) in [5.41, 5.74) is 6.87. The predicted molar refractivity (Wildman–Crippen MR) is 80.9 cm³/mol. The van der Waals surface area contributed by atoms with Crippen molar-refractivity contribution in [3.05, 3.63) is 29.3 Å². The highest BCUT2D eigenvalue weighted by Crippen LogP contribution is 2.15. The van der Waals surface area contributed by atoms with Gasteiger partial charge in [0, 0.05) is 25.6 Å². The molecule has 6 nitrogen and oxygen atoms in total. The quantitative estimate of drug-likeness (QED) is 0.508. The maximum atomic E-state index is 12.0. The number of hydrogen-bond acceptors (Lipinski definition) is 4. The number of carbonyl (C=O) groups excluding carboxylic acids is 1. The Kier molecular flexibility index (Phi) is 5.61. The molecule has 0 saturated heterocycles. The number of aryl methyl sites for hydroxylation is 1. The van der Waals surface area contributed by atoms with Crippen molar-refractivity contribution in [2.75, 3.05) is 13.1 Å². The smallest absolute Gasteiger partial charge is 0.240 e. The minimum Gasteiger partial charge on any atom is -0.389 e. The Hall–Kier alpha value is -1.51. The Balaban J connectivity index is 2.80. The third kappa shape index (κ3) is 4.55. The van der Waals surface area contributed by atoms with Gasteiger partial charge in [0.2, 0.25) is 15.9 Å². The van der Waals surface area contributed by atoms with Crippen molar-refractivity contribution in [2.45, 2.75) is 18.7 Å². The maximum Gasteiger partial charge on any atom is 0.240 e. The van der Waals surface area contributed by atoms with E-state index in [0.29, 0.717) is 11.1 Å². The number of rotatable bonds is 6. The molecule has 0 radical (unpaired) electrons. The van der Waals surface area contributed by atoms with Gasteiger partial charge in [0.1, 0.15) is 4.99 Å². The lowest BCUT2D eigenvalue weighted by Crippen LogP contribution is -2.33. The average molecular weight is 315 g/mol. The Morgan fingerprint density at radius 2 is 2.00 bits per heavy atom. The molecular formula is C12H17N3O3S2. The minimum absolute atomic E-state index is 0.123. The summed E-state index contributed by atoms with van der Waals surface area (Å²) in [7, 11) is -3.61. The molecule has 0 aliphatic rings. The molecule has 110 valence electrons. The zero-order valence-corrected chi connectivity index (χ0v) is 12.9. The molecule has 1 amide bonds. The number of sulfonamides is 1. The lowest BCUT2D eigenvalue weighted by atomic mass is 10.1. The van der Waals surface area contributed by atoms with E-state index in [0.717, 1.165) is 0 Å². The lowest BCUT2D eigenvalue weighted by Gasteiger charge is -2.10. The summed E-state index contributed by atoms with van der Waals surface area (Å²) in [4.78, 5) is 11.0. The maximum absolute atomic E-state index is 12.0. The fraction of sp³-hybridized carbons (Fsp3) is 0.333. The normalized spacial score (nSPS) is 11.1. The van der Waals surface area contributed by atoms with Crippen LogP contribution < -0.4 is 15.8 Å². The SMILES string of the molecule is CC(=O)NCCNS(=O)(=O)c1ccc(C(N)=S)c(C)c1. The Morgan fingerprint density at radius 3 is 2.50 bits per heavy atom. The van der Waals surface area contributed by atoms with Gasteiger partial charge >= 0.3 is 0 Å². The summed E-state index contributed by atoms with van der Waals surface area (Å²) < 4.78 is 26.4. The van der Waals surface area contributed by atoms with Gasteiger partial charge in [0.25, 0.3) is 0 Å². The van der Waals surface area contributed by atoms with Crippen LogP contribution in [0.15, 0.2) is 23.1 Å². The molecule has 0 aliphatic heterocycles. The van der Waals surface area contributed by atoms with Gasteiger partial charge in [-0.15, -0.1) is 0 Å². The van der Waals surface area contributed by atoms with Crippen molar-refractivity contribution in [3.63, 3.8) is 0 Å². The van der Waals surface area contributed by atoms with Gasteiger partial charge in [-0.2, -0.15) is 0 Å².